The number of hydrogen-bond acceptors (Lipinski definition) is 3. The van der Waals surface area contributed by atoms with E-state index in [1.54, 1.807) is 11.3 Å². The third kappa shape index (κ3) is 2.87. The molecule has 21 heavy (non-hydrogen) atoms. The van der Waals surface area contributed by atoms with Crippen molar-refractivity contribution in [2.45, 2.75) is 13.8 Å². The van der Waals surface area contributed by atoms with E-state index in [0.29, 0.717) is 26.3 Å². The standard InChI is InChI=1S/C17H19NO2S/c1-12-3-5-14(6-4-12)16-13(2)21-11-15(16)17(19)18-7-9-20-10-8-18/h3-6,11H,7-10H2,1-2H3. The van der Waals surface area contributed by atoms with Crippen LogP contribution in [0.25, 0.3) is 11.1 Å². The minimum absolute atomic E-state index is 0.123. The fourth-order valence-corrected chi connectivity index (χ4v) is 3.49. The molecule has 2 aromatic rings. The van der Waals surface area contributed by atoms with Crippen LogP contribution < -0.4 is 0 Å². The Balaban J connectivity index is 1.96. The van der Waals surface area contributed by atoms with E-state index in [0.717, 1.165) is 16.7 Å². The van der Waals surface area contributed by atoms with Gasteiger partial charge < -0.3 is 9.64 Å². The number of hydrogen-bond donors (Lipinski definition) is 0. The lowest BCUT2D eigenvalue weighted by Gasteiger charge is -2.27. The first-order valence-electron chi connectivity index (χ1n) is 7.19. The number of carbonyl (C=O) groups is 1. The van der Waals surface area contributed by atoms with Gasteiger partial charge in [-0.15, -0.1) is 11.3 Å². The highest BCUT2D eigenvalue weighted by Crippen LogP contribution is 2.33. The molecule has 110 valence electrons. The number of aryl methyl sites for hydroxylation is 2. The lowest BCUT2D eigenvalue weighted by molar-refractivity contribution is 0.0303. The summed E-state index contributed by atoms with van der Waals surface area (Å²) < 4.78 is 5.33. The number of amides is 1. The summed E-state index contributed by atoms with van der Waals surface area (Å²) in [4.78, 5) is 15.8. The second-order valence-electron chi connectivity index (χ2n) is 5.35. The van der Waals surface area contributed by atoms with Crippen molar-refractivity contribution < 1.29 is 9.53 Å². The maximum Gasteiger partial charge on any atom is 0.255 e. The first-order valence-corrected chi connectivity index (χ1v) is 8.07. The molecule has 3 rings (SSSR count). The van der Waals surface area contributed by atoms with Crippen LogP contribution in [0.1, 0.15) is 20.8 Å². The van der Waals surface area contributed by atoms with Crippen LogP contribution >= 0.6 is 11.3 Å². The molecule has 3 nitrogen and oxygen atoms in total. The topological polar surface area (TPSA) is 29.5 Å². The highest BCUT2D eigenvalue weighted by molar-refractivity contribution is 7.10. The van der Waals surface area contributed by atoms with Gasteiger partial charge in [-0.25, -0.2) is 0 Å². The summed E-state index contributed by atoms with van der Waals surface area (Å²) in [5.41, 5.74) is 4.25. The summed E-state index contributed by atoms with van der Waals surface area (Å²) in [6, 6.07) is 8.38. The number of morpholine rings is 1. The van der Waals surface area contributed by atoms with Crippen molar-refractivity contribution >= 4 is 17.2 Å². The summed E-state index contributed by atoms with van der Waals surface area (Å²) in [6.07, 6.45) is 0. The minimum Gasteiger partial charge on any atom is -0.378 e. The molecule has 0 bridgehead atoms. The first-order chi connectivity index (χ1) is 10.2. The largest absolute Gasteiger partial charge is 0.378 e. The normalized spacial score (nSPS) is 15.2. The van der Waals surface area contributed by atoms with E-state index < -0.39 is 0 Å². The van der Waals surface area contributed by atoms with Gasteiger partial charge >= 0.3 is 0 Å². The lowest BCUT2D eigenvalue weighted by atomic mass is 10.00. The van der Waals surface area contributed by atoms with E-state index in [9.17, 15) is 4.79 Å². The monoisotopic (exact) mass is 301 g/mol. The molecular formula is C17H19NO2S. The summed E-state index contributed by atoms with van der Waals surface area (Å²) in [7, 11) is 0. The van der Waals surface area contributed by atoms with Gasteiger partial charge in [0.15, 0.2) is 0 Å². The third-order valence-corrected chi connectivity index (χ3v) is 4.76. The van der Waals surface area contributed by atoms with Crippen molar-refractivity contribution in [1.82, 2.24) is 4.90 Å². The molecule has 0 aliphatic carbocycles. The Labute approximate surface area is 129 Å². The van der Waals surface area contributed by atoms with Crippen LogP contribution in [0, 0.1) is 13.8 Å². The van der Waals surface area contributed by atoms with Crippen LogP contribution in [0.4, 0.5) is 0 Å². The molecule has 0 N–H and O–H groups in total. The fraction of sp³-hybridized carbons (Fsp3) is 0.353. The Morgan fingerprint density at radius 1 is 1.14 bits per heavy atom. The first kappa shape index (κ1) is 14.3. The van der Waals surface area contributed by atoms with Crippen LogP contribution in [0.15, 0.2) is 29.6 Å². The van der Waals surface area contributed by atoms with E-state index in [-0.39, 0.29) is 5.91 Å². The van der Waals surface area contributed by atoms with Crippen molar-refractivity contribution in [3.8, 4) is 11.1 Å². The van der Waals surface area contributed by atoms with E-state index >= 15 is 0 Å². The molecule has 0 atom stereocenters. The summed E-state index contributed by atoms with van der Waals surface area (Å²) in [5, 5.41) is 1.99. The Kier molecular flexibility index (Phi) is 4.08. The molecule has 2 heterocycles. The van der Waals surface area contributed by atoms with Crippen LogP contribution in [-0.2, 0) is 4.74 Å². The van der Waals surface area contributed by atoms with Gasteiger partial charge in [0, 0.05) is 28.9 Å². The SMILES string of the molecule is Cc1ccc(-c2c(C(=O)N3CCOCC3)csc2C)cc1. The summed E-state index contributed by atoms with van der Waals surface area (Å²) in [6.45, 7) is 6.78. The predicted octanol–water partition coefficient (Wildman–Crippen LogP) is 3.50. The maximum atomic E-state index is 12.8. The van der Waals surface area contributed by atoms with Gasteiger partial charge in [-0.2, -0.15) is 0 Å². The molecule has 1 aliphatic heterocycles. The smallest absolute Gasteiger partial charge is 0.255 e. The zero-order chi connectivity index (χ0) is 14.8. The third-order valence-electron chi connectivity index (χ3n) is 3.84. The van der Waals surface area contributed by atoms with Crippen LogP contribution in [-0.4, -0.2) is 37.1 Å². The summed E-state index contributed by atoms with van der Waals surface area (Å²) >= 11 is 1.64. The molecule has 1 aliphatic rings. The number of nitrogens with zero attached hydrogens (tertiary/aromatic N) is 1. The van der Waals surface area contributed by atoms with Crippen LogP contribution in [0.3, 0.4) is 0 Å². The minimum atomic E-state index is 0.123. The number of thiophene rings is 1. The second-order valence-corrected chi connectivity index (χ2v) is 6.43. The van der Waals surface area contributed by atoms with Gasteiger partial charge in [0.05, 0.1) is 18.8 Å². The average Bonchev–Trinajstić information content (AvgIpc) is 2.90. The molecule has 1 amide bonds. The Morgan fingerprint density at radius 2 is 1.81 bits per heavy atom. The molecule has 0 unspecified atom stereocenters. The number of rotatable bonds is 2. The highest BCUT2D eigenvalue weighted by Gasteiger charge is 2.23. The Morgan fingerprint density at radius 3 is 2.48 bits per heavy atom. The maximum absolute atomic E-state index is 12.8. The molecular weight excluding hydrogens is 282 g/mol. The van der Waals surface area contributed by atoms with Crippen LogP contribution in [0.2, 0.25) is 0 Å². The van der Waals surface area contributed by atoms with Crippen molar-refractivity contribution in [2.24, 2.45) is 0 Å². The van der Waals surface area contributed by atoms with Gasteiger partial charge in [0.1, 0.15) is 0 Å². The van der Waals surface area contributed by atoms with Crippen molar-refractivity contribution in [1.29, 1.82) is 0 Å². The van der Waals surface area contributed by atoms with Gasteiger partial charge in [-0.3, -0.25) is 4.79 Å². The Bertz CT molecular complexity index is 639. The average molecular weight is 301 g/mol. The van der Waals surface area contributed by atoms with Crippen LogP contribution in [0.5, 0.6) is 0 Å². The quantitative estimate of drug-likeness (QED) is 0.849. The Hall–Kier alpha value is -1.65. The molecule has 0 radical (unpaired) electrons. The molecule has 0 spiro atoms. The van der Waals surface area contributed by atoms with Gasteiger partial charge in [0.2, 0.25) is 0 Å². The van der Waals surface area contributed by atoms with Gasteiger partial charge in [0.25, 0.3) is 5.91 Å². The van der Waals surface area contributed by atoms with E-state index in [1.165, 1.54) is 10.4 Å². The number of benzene rings is 1. The fourth-order valence-electron chi connectivity index (χ4n) is 2.63. The molecule has 4 heteroatoms. The zero-order valence-corrected chi connectivity index (χ0v) is 13.2. The molecule has 0 saturated carbocycles. The zero-order valence-electron chi connectivity index (χ0n) is 12.4. The lowest BCUT2D eigenvalue weighted by Crippen LogP contribution is -2.40. The molecule has 1 saturated heterocycles. The highest BCUT2D eigenvalue weighted by atomic mass is 32.1. The van der Waals surface area contributed by atoms with Gasteiger partial charge in [-0.1, -0.05) is 29.8 Å². The number of carbonyl (C=O) groups excluding carboxylic acids is 1. The van der Waals surface area contributed by atoms with Crippen molar-refractivity contribution in [3.05, 3.63) is 45.6 Å². The molecule has 1 aromatic carbocycles. The van der Waals surface area contributed by atoms with E-state index in [1.807, 2.05) is 10.3 Å². The number of ether oxygens (including phenoxy) is 1. The molecule has 1 fully saturated rings. The van der Waals surface area contributed by atoms with E-state index in [4.69, 9.17) is 4.74 Å². The van der Waals surface area contributed by atoms with Crippen molar-refractivity contribution in [2.75, 3.05) is 26.3 Å². The van der Waals surface area contributed by atoms with Gasteiger partial charge in [-0.05, 0) is 19.4 Å². The second kappa shape index (κ2) is 6.00. The van der Waals surface area contributed by atoms with Crippen molar-refractivity contribution in [3.63, 3.8) is 0 Å². The summed E-state index contributed by atoms with van der Waals surface area (Å²) in [5.74, 6) is 0.123. The predicted molar refractivity (Wildman–Crippen MR) is 86.0 cm³/mol. The van der Waals surface area contributed by atoms with E-state index in [2.05, 4.69) is 38.1 Å². The molecule has 1 aromatic heterocycles.